The summed E-state index contributed by atoms with van der Waals surface area (Å²) in [5.74, 6) is 3.08. The zero-order valence-corrected chi connectivity index (χ0v) is 9.49. The van der Waals surface area contributed by atoms with Crippen LogP contribution in [0.3, 0.4) is 0 Å². The average molecular weight is 195 g/mol. The fourth-order valence-corrected chi connectivity index (χ4v) is 2.47. The molecule has 0 N–H and O–H groups in total. The summed E-state index contributed by atoms with van der Waals surface area (Å²) in [6, 6.07) is 0.415. The molecule has 80 valence electrons. The number of rotatable bonds is 2. The molecule has 0 aromatic heterocycles. The van der Waals surface area contributed by atoms with E-state index in [1.54, 1.807) is 0 Å². The van der Waals surface area contributed by atoms with E-state index in [1.165, 1.54) is 19.3 Å². The van der Waals surface area contributed by atoms with Crippen LogP contribution >= 0.6 is 0 Å². The van der Waals surface area contributed by atoms with Crippen LogP contribution in [0, 0.1) is 17.8 Å². The van der Waals surface area contributed by atoms with Crippen molar-refractivity contribution in [1.29, 1.82) is 0 Å². The summed E-state index contributed by atoms with van der Waals surface area (Å²) < 4.78 is 5.73. The molecule has 3 unspecified atom stereocenters. The second-order valence-corrected chi connectivity index (χ2v) is 5.10. The van der Waals surface area contributed by atoms with E-state index in [-0.39, 0.29) is 0 Å². The Kier molecular flexibility index (Phi) is 2.80. The molecule has 2 aliphatic rings. The Morgan fingerprint density at radius 3 is 2.64 bits per heavy atom. The van der Waals surface area contributed by atoms with Crippen molar-refractivity contribution in [2.24, 2.45) is 22.7 Å². The Labute approximate surface area is 86.8 Å². The fourth-order valence-electron chi connectivity index (χ4n) is 2.47. The lowest BCUT2D eigenvalue weighted by molar-refractivity contribution is 0.270. The molecule has 0 bridgehead atoms. The van der Waals surface area contributed by atoms with Crippen molar-refractivity contribution in [3.63, 3.8) is 0 Å². The van der Waals surface area contributed by atoms with Gasteiger partial charge in [0, 0.05) is 5.92 Å². The highest BCUT2D eigenvalue weighted by Gasteiger charge is 2.33. The summed E-state index contributed by atoms with van der Waals surface area (Å²) in [5, 5.41) is 0. The van der Waals surface area contributed by atoms with Crippen molar-refractivity contribution in [3.05, 3.63) is 0 Å². The normalized spacial score (nSPS) is 37.4. The van der Waals surface area contributed by atoms with E-state index >= 15 is 0 Å². The van der Waals surface area contributed by atoms with Crippen molar-refractivity contribution < 1.29 is 4.74 Å². The Balaban J connectivity index is 2.02. The zero-order valence-electron chi connectivity index (χ0n) is 9.49. The van der Waals surface area contributed by atoms with E-state index in [4.69, 9.17) is 9.73 Å². The van der Waals surface area contributed by atoms with Gasteiger partial charge in [-0.3, -0.25) is 0 Å². The van der Waals surface area contributed by atoms with E-state index in [2.05, 4.69) is 20.8 Å². The Morgan fingerprint density at radius 2 is 2.14 bits per heavy atom. The van der Waals surface area contributed by atoms with Crippen LogP contribution in [0.1, 0.15) is 40.0 Å². The summed E-state index contributed by atoms with van der Waals surface area (Å²) >= 11 is 0. The van der Waals surface area contributed by atoms with Crippen LogP contribution in [-0.4, -0.2) is 18.5 Å². The topological polar surface area (TPSA) is 21.6 Å². The fraction of sp³-hybridized carbons (Fsp3) is 0.917. The Hall–Kier alpha value is -0.530. The molecular weight excluding hydrogens is 174 g/mol. The quantitative estimate of drug-likeness (QED) is 0.664. The van der Waals surface area contributed by atoms with Crippen molar-refractivity contribution in [2.75, 3.05) is 6.61 Å². The van der Waals surface area contributed by atoms with Crippen molar-refractivity contribution >= 4 is 5.90 Å². The van der Waals surface area contributed by atoms with Gasteiger partial charge in [0.05, 0.1) is 6.04 Å². The first kappa shape index (κ1) is 10.0. The van der Waals surface area contributed by atoms with E-state index < -0.39 is 0 Å². The minimum Gasteiger partial charge on any atom is -0.478 e. The molecule has 2 rings (SSSR count). The van der Waals surface area contributed by atoms with Crippen LogP contribution < -0.4 is 0 Å². The summed E-state index contributed by atoms with van der Waals surface area (Å²) in [4.78, 5) is 4.71. The van der Waals surface area contributed by atoms with Gasteiger partial charge in [-0.25, -0.2) is 4.99 Å². The SMILES string of the molecule is CC(C)C1COC(C2CCCC2C)=N1. The van der Waals surface area contributed by atoms with Crippen LogP contribution in [0.15, 0.2) is 4.99 Å². The third-order valence-corrected chi connectivity index (χ3v) is 3.64. The molecule has 0 amide bonds. The van der Waals surface area contributed by atoms with Gasteiger partial charge < -0.3 is 4.74 Å². The number of aliphatic imine (C=N–C) groups is 1. The minimum atomic E-state index is 0.415. The van der Waals surface area contributed by atoms with Crippen molar-refractivity contribution in [3.8, 4) is 0 Å². The molecule has 1 aliphatic carbocycles. The van der Waals surface area contributed by atoms with Crippen LogP contribution in [0.2, 0.25) is 0 Å². The maximum atomic E-state index is 5.73. The first-order valence-electron chi connectivity index (χ1n) is 5.89. The van der Waals surface area contributed by atoms with Gasteiger partial charge in [0.2, 0.25) is 0 Å². The van der Waals surface area contributed by atoms with Gasteiger partial charge in [-0.05, 0) is 24.7 Å². The molecule has 1 fully saturated rings. The molecule has 2 heteroatoms. The van der Waals surface area contributed by atoms with Crippen LogP contribution in [0.25, 0.3) is 0 Å². The molecule has 1 saturated carbocycles. The zero-order chi connectivity index (χ0) is 10.1. The Bertz CT molecular complexity index is 234. The number of nitrogens with zero attached hydrogens (tertiary/aromatic N) is 1. The summed E-state index contributed by atoms with van der Waals surface area (Å²) in [6.45, 7) is 7.58. The molecule has 1 aliphatic heterocycles. The first-order valence-corrected chi connectivity index (χ1v) is 5.89. The third kappa shape index (κ3) is 1.79. The maximum absolute atomic E-state index is 5.73. The predicted octanol–water partition coefficient (Wildman–Crippen LogP) is 2.88. The molecule has 0 spiro atoms. The van der Waals surface area contributed by atoms with Gasteiger partial charge >= 0.3 is 0 Å². The molecule has 14 heavy (non-hydrogen) atoms. The second kappa shape index (κ2) is 3.92. The first-order chi connectivity index (χ1) is 6.68. The van der Waals surface area contributed by atoms with E-state index in [1.807, 2.05) is 0 Å². The monoisotopic (exact) mass is 195 g/mol. The summed E-state index contributed by atoms with van der Waals surface area (Å²) in [7, 11) is 0. The molecule has 0 aromatic rings. The highest BCUT2D eigenvalue weighted by Crippen LogP contribution is 2.34. The maximum Gasteiger partial charge on any atom is 0.187 e. The van der Waals surface area contributed by atoms with Gasteiger partial charge in [-0.1, -0.05) is 27.2 Å². The van der Waals surface area contributed by atoms with Crippen LogP contribution in [0.5, 0.6) is 0 Å². The lowest BCUT2D eigenvalue weighted by Crippen LogP contribution is -2.17. The van der Waals surface area contributed by atoms with Gasteiger partial charge in [0.25, 0.3) is 0 Å². The molecule has 3 atom stereocenters. The average Bonchev–Trinajstić information content (AvgIpc) is 2.71. The highest BCUT2D eigenvalue weighted by atomic mass is 16.5. The van der Waals surface area contributed by atoms with E-state index in [0.29, 0.717) is 17.9 Å². The van der Waals surface area contributed by atoms with Gasteiger partial charge in [0.1, 0.15) is 6.61 Å². The summed E-state index contributed by atoms with van der Waals surface area (Å²) in [5.41, 5.74) is 0. The van der Waals surface area contributed by atoms with Crippen LogP contribution in [0.4, 0.5) is 0 Å². The molecule has 0 aromatic carbocycles. The number of hydrogen-bond donors (Lipinski definition) is 0. The number of ether oxygens (including phenoxy) is 1. The van der Waals surface area contributed by atoms with Gasteiger partial charge in [-0.15, -0.1) is 0 Å². The highest BCUT2D eigenvalue weighted by molar-refractivity contribution is 5.80. The second-order valence-electron chi connectivity index (χ2n) is 5.10. The Morgan fingerprint density at radius 1 is 1.36 bits per heavy atom. The van der Waals surface area contributed by atoms with Crippen molar-refractivity contribution in [2.45, 2.75) is 46.1 Å². The largest absolute Gasteiger partial charge is 0.478 e. The van der Waals surface area contributed by atoms with Gasteiger partial charge in [-0.2, -0.15) is 0 Å². The molecule has 0 radical (unpaired) electrons. The minimum absolute atomic E-state index is 0.415. The molecular formula is C12H21NO. The smallest absolute Gasteiger partial charge is 0.187 e. The lowest BCUT2D eigenvalue weighted by atomic mass is 9.98. The van der Waals surface area contributed by atoms with E-state index in [0.717, 1.165) is 18.4 Å². The number of hydrogen-bond acceptors (Lipinski definition) is 2. The molecule has 2 nitrogen and oxygen atoms in total. The molecule has 1 heterocycles. The van der Waals surface area contributed by atoms with Crippen molar-refractivity contribution in [1.82, 2.24) is 0 Å². The molecule has 0 saturated heterocycles. The standard InChI is InChI=1S/C12H21NO/c1-8(2)11-7-14-12(13-11)10-6-4-5-9(10)3/h8-11H,4-7H2,1-3H3. The summed E-state index contributed by atoms with van der Waals surface area (Å²) in [6.07, 6.45) is 3.98. The van der Waals surface area contributed by atoms with E-state index in [9.17, 15) is 0 Å². The van der Waals surface area contributed by atoms with Crippen LogP contribution in [-0.2, 0) is 4.74 Å². The predicted molar refractivity (Wildman–Crippen MR) is 58.5 cm³/mol. The third-order valence-electron chi connectivity index (χ3n) is 3.64. The lowest BCUT2D eigenvalue weighted by Gasteiger charge is -2.13. The van der Waals surface area contributed by atoms with Gasteiger partial charge in [0.15, 0.2) is 5.90 Å².